The molecule has 4 heterocycles. The van der Waals surface area contributed by atoms with E-state index in [2.05, 4.69) is 10.1 Å². The van der Waals surface area contributed by atoms with Gasteiger partial charge in [-0.3, -0.25) is 9.48 Å². The highest BCUT2D eigenvalue weighted by molar-refractivity contribution is 6.07. The van der Waals surface area contributed by atoms with Crippen molar-refractivity contribution in [3.63, 3.8) is 0 Å². The average Bonchev–Trinajstić information content (AvgIpc) is 3.44. The summed E-state index contributed by atoms with van der Waals surface area (Å²) in [4.78, 5) is 25.2. The van der Waals surface area contributed by atoms with Crippen molar-refractivity contribution < 1.29 is 9.21 Å². The molecule has 0 spiro atoms. The minimum absolute atomic E-state index is 0.0247. The number of carbonyl (C=O) groups excluding carboxylic acids is 1. The topological polar surface area (TPSA) is 77.1 Å². The number of aryl methyl sites for hydroxylation is 2. The van der Waals surface area contributed by atoms with Crippen molar-refractivity contribution in [2.75, 3.05) is 13.1 Å². The number of benzene rings is 2. The number of aromatic nitrogens is 4. The molecule has 0 bridgehead atoms. The van der Waals surface area contributed by atoms with Crippen LogP contribution in [0.25, 0.3) is 33.4 Å². The molecule has 1 saturated heterocycles. The molecule has 1 aliphatic rings. The van der Waals surface area contributed by atoms with Gasteiger partial charge in [-0.15, -0.1) is 0 Å². The molecule has 34 heavy (non-hydrogen) atoms. The Morgan fingerprint density at radius 3 is 2.50 bits per heavy atom. The third kappa shape index (κ3) is 3.44. The monoisotopic (exact) mass is 451 g/mol. The molecular formula is C27H25N5O2. The number of amides is 1. The van der Waals surface area contributed by atoms with Crippen LogP contribution >= 0.6 is 0 Å². The van der Waals surface area contributed by atoms with Crippen molar-refractivity contribution >= 4 is 28.0 Å². The Morgan fingerprint density at radius 2 is 1.74 bits per heavy atom. The SMILES string of the molecule is Cc1nn(C)c2nc(-c3ccccc3)cc(C(=O)N3CCC(c4nc5ccccc5o4)CC3)c12. The van der Waals surface area contributed by atoms with Gasteiger partial charge in [0.05, 0.1) is 22.3 Å². The van der Waals surface area contributed by atoms with Gasteiger partial charge in [-0.2, -0.15) is 5.10 Å². The molecule has 1 aliphatic heterocycles. The number of para-hydroxylation sites is 2. The van der Waals surface area contributed by atoms with E-state index in [0.29, 0.717) is 18.7 Å². The van der Waals surface area contributed by atoms with Gasteiger partial charge in [0.25, 0.3) is 5.91 Å². The Kier molecular flexibility index (Phi) is 4.90. The molecule has 0 unspecified atom stereocenters. The Hall–Kier alpha value is -4.00. The number of hydrogen-bond donors (Lipinski definition) is 0. The van der Waals surface area contributed by atoms with Gasteiger partial charge >= 0.3 is 0 Å². The minimum Gasteiger partial charge on any atom is -0.440 e. The molecule has 0 atom stereocenters. The summed E-state index contributed by atoms with van der Waals surface area (Å²) in [6.45, 7) is 3.25. The molecule has 7 nitrogen and oxygen atoms in total. The second-order valence-corrected chi connectivity index (χ2v) is 8.92. The highest BCUT2D eigenvalue weighted by atomic mass is 16.3. The van der Waals surface area contributed by atoms with Crippen molar-refractivity contribution in [3.05, 3.63) is 77.8 Å². The summed E-state index contributed by atoms with van der Waals surface area (Å²) in [5.41, 5.74) is 5.66. The predicted molar refractivity (Wildman–Crippen MR) is 131 cm³/mol. The normalized spacial score (nSPS) is 14.8. The first kappa shape index (κ1) is 20.6. The summed E-state index contributed by atoms with van der Waals surface area (Å²) in [6.07, 6.45) is 1.65. The lowest BCUT2D eigenvalue weighted by Crippen LogP contribution is -2.38. The highest BCUT2D eigenvalue weighted by Gasteiger charge is 2.29. The first-order chi connectivity index (χ1) is 16.6. The van der Waals surface area contributed by atoms with Crippen molar-refractivity contribution in [1.82, 2.24) is 24.6 Å². The zero-order valence-electron chi connectivity index (χ0n) is 19.2. The van der Waals surface area contributed by atoms with E-state index in [0.717, 1.165) is 57.8 Å². The second kappa shape index (κ2) is 8.09. The van der Waals surface area contributed by atoms with E-state index in [1.807, 2.05) is 79.5 Å². The molecule has 0 N–H and O–H groups in total. The fourth-order valence-corrected chi connectivity index (χ4v) is 4.93. The Morgan fingerprint density at radius 1 is 1.00 bits per heavy atom. The Balaban J connectivity index is 1.30. The number of nitrogens with zero attached hydrogens (tertiary/aromatic N) is 5. The number of rotatable bonds is 3. The van der Waals surface area contributed by atoms with Gasteiger partial charge in [-0.05, 0) is 38.0 Å². The maximum absolute atomic E-state index is 13.8. The van der Waals surface area contributed by atoms with Crippen molar-refractivity contribution in [3.8, 4) is 11.3 Å². The van der Waals surface area contributed by atoms with Gasteiger partial charge in [-0.25, -0.2) is 9.97 Å². The smallest absolute Gasteiger partial charge is 0.254 e. The molecule has 0 radical (unpaired) electrons. The van der Waals surface area contributed by atoms with Crippen LogP contribution in [-0.4, -0.2) is 43.6 Å². The van der Waals surface area contributed by atoms with E-state index in [9.17, 15) is 4.79 Å². The lowest BCUT2D eigenvalue weighted by molar-refractivity contribution is 0.0708. The fourth-order valence-electron chi connectivity index (χ4n) is 4.93. The summed E-state index contributed by atoms with van der Waals surface area (Å²) in [7, 11) is 1.87. The number of likely N-dealkylation sites (tertiary alicyclic amines) is 1. The number of piperidine rings is 1. The number of pyridine rings is 1. The number of hydrogen-bond acceptors (Lipinski definition) is 5. The number of carbonyl (C=O) groups is 1. The average molecular weight is 452 g/mol. The van der Waals surface area contributed by atoms with Crippen molar-refractivity contribution in [2.24, 2.45) is 7.05 Å². The third-order valence-electron chi connectivity index (χ3n) is 6.71. The second-order valence-electron chi connectivity index (χ2n) is 8.92. The highest BCUT2D eigenvalue weighted by Crippen LogP contribution is 2.32. The standard InChI is InChI=1S/C27H25N5O2/c1-17-24-20(16-22(18-8-4-3-5-9-18)28-25(24)31(2)30-17)27(33)32-14-12-19(13-15-32)26-29-21-10-6-7-11-23(21)34-26/h3-11,16,19H,12-15H2,1-2H3. The van der Waals surface area contributed by atoms with Crippen LogP contribution < -0.4 is 0 Å². The van der Waals surface area contributed by atoms with Crippen LogP contribution in [0.1, 0.15) is 40.7 Å². The van der Waals surface area contributed by atoms with Gasteiger partial charge in [0.15, 0.2) is 17.1 Å². The van der Waals surface area contributed by atoms with E-state index in [4.69, 9.17) is 9.40 Å². The Bertz CT molecular complexity index is 1480. The first-order valence-electron chi connectivity index (χ1n) is 11.6. The molecule has 0 aliphatic carbocycles. The van der Waals surface area contributed by atoms with Gasteiger partial charge in [0.1, 0.15) is 5.52 Å². The van der Waals surface area contributed by atoms with Gasteiger partial charge in [-0.1, -0.05) is 42.5 Å². The molecular weight excluding hydrogens is 426 g/mol. The molecule has 0 saturated carbocycles. The maximum Gasteiger partial charge on any atom is 0.254 e. The number of fused-ring (bicyclic) bond motifs is 2. The van der Waals surface area contributed by atoms with Crippen LogP contribution in [0.2, 0.25) is 0 Å². The van der Waals surface area contributed by atoms with Crippen molar-refractivity contribution in [2.45, 2.75) is 25.7 Å². The Labute approximate surface area is 197 Å². The quantitative estimate of drug-likeness (QED) is 0.381. The van der Waals surface area contributed by atoms with E-state index in [1.54, 1.807) is 4.68 Å². The molecule has 1 fully saturated rings. The van der Waals surface area contributed by atoms with Crippen LogP contribution in [0.4, 0.5) is 0 Å². The third-order valence-corrected chi connectivity index (χ3v) is 6.71. The van der Waals surface area contributed by atoms with Gasteiger partial charge in [0.2, 0.25) is 0 Å². The van der Waals surface area contributed by atoms with Crippen LogP contribution in [0.3, 0.4) is 0 Å². The predicted octanol–water partition coefficient (Wildman–Crippen LogP) is 5.10. The van der Waals surface area contributed by atoms with Gasteiger partial charge in [0, 0.05) is 31.6 Å². The van der Waals surface area contributed by atoms with E-state index >= 15 is 0 Å². The maximum atomic E-state index is 13.8. The molecule has 3 aromatic heterocycles. The lowest BCUT2D eigenvalue weighted by Gasteiger charge is -2.31. The first-order valence-corrected chi connectivity index (χ1v) is 11.6. The fraction of sp³-hybridized carbons (Fsp3) is 0.259. The van der Waals surface area contributed by atoms with Crippen LogP contribution in [0, 0.1) is 6.92 Å². The largest absolute Gasteiger partial charge is 0.440 e. The summed E-state index contributed by atoms with van der Waals surface area (Å²) in [5, 5.41) is 5.38. The molecule has 1 amide bonds. The van der Waals surface area contributed by atoms with Crippen LogP contribution in [-0.2, 0) is 7.05 Å². The van der Waals surface area contributed by atoms with E-state index in [-0.39, 0.29) is 11.8 Å². The number of oxazole rings is 1. The van der Waals surface area contributed by atoms with Crippen molar-refractivity contribution in [1.29, 1.82) is 0 Å². The molecule has 170 valence electrons. The van der Waals surface area contributed by atoms with Gasteiger partial charge < -0.3 is 9.32 Å². The van der Waals surface area contributed by atoms with E-state index < -0.39 is 0 Å². The zero-order valence-corrected chi connectivity index (χ0v) is 19.2. The summed E-state index contributed by atoms with van der Waals surface area (Å²) >= 11 is 0. The summed E-state index contributed by atoms with van der Waals surface area (Å²) in [6, 6.07) is 19.7. The van der Waals surface area contributed by atoms with E-state index in [1.165, 1.54) is 0 Å². The lowest BCUT2D eigenvalue weighted by atomic mass is 9.95. The minimum atomic E-state index is 0.0247. The summed E-state index contributed by atoms with van der Waals surface area (Å²) in [5.74, 6) is 1.01. The molecule has 6 rings (SSSR count). The molecule has 5 aromatic rings. The molecule has 2 aromatic carbocycles. The van der Waals surface area contributed by atoms with Crippen LogP contribution in [0.15, 0.2) is 65.1 Å². The summed E-state index contributed by atoms with van der Waals surface area (Å²) < 4.78 is 7.75. The zero-order chi connectivity index (χ0) is 23.2. The van der Waals surface area contributed by atoms with Crippen LogP contribution in [0.5, 0.6) is 0 Å². The molecule has 7 heteroatoms.